The molecule has 7 heteroatoms. The predicted molar refractivity (Wildman–Crippen MR) is 106 cm³/mol. The normalized spacial score (nSPS) is 18.8. The van der Waals surface area contributed by atoms with Gasteiger partial charge in [-0.3, -0.25) is 9.38 Å². The van der Waals surface area contributed by atoms with Crippen molar-refractivity contribution >= 4 is 11.5 Å². The average molecular weight is 366 g/mol. The number of fused-ring (bicyclic) bond motifs is 1. The van der Waals surface area contributed by atoms with Gasteiger partial charge in [-0.05, 0) is 31.9 Å². The molecule has 1 saturated carbocycles. The Morgan fingerprint density at radius 3 is 2.85 bits per heavy atom. The minimum absolute atomic E-state index is 0.385. The summed E-state index contributed by atoms with van der Waals surface area (Å²) < 4.78 is 7.86. The predicted octanol–water partition coefficient (Wildman–Crippen LogP) is 3.13. The van der Waals surface area contributed by atoms with Gasteiger partial charge in [0, 0.05) is 24.8 Å². The molecule has 7 nitrogen and oxygen atoms in total. The molecule has 27 heavy (non-hydrogen) atoms. The number of hydrogen-bond acceptors (Lipinski definition) is 6. The van der Waals surface area contributed by atoms with Crippen LogP contribution in [0, 0.1) is 0 Å². The number of aromatic nitrogens is 4. The van der Waals surface area contributed by atoms with Gasteiger partial charge in [0.15, 0.2) is 0 Å². The van der Waals surface area contributed by atoms with Crippen LogP contribution in [-0.2, 0) is 0 Å². The molecule has 142 valence electrons. The van der Waals surface area contributed by atoms with Crippen molar-refractivity contribution in [1.29, 1.82) is 0 Å². The Bertz CT molecular complexity index is 898. The maximum atomic E-state index is 5.84. The Balaban J connectivity index is 0.000000872. The first-order valence-electron chi connectivity index (χ1n) is 9.78. The monoisotopic (exact) mass is 366 g/mol. The van der Waals surface area contributed by atoms with Crippen molar-refractivity contribution < 1.29 is 4.74 Å². The van der Waals surface area contributed by atoms with Gasteiger partial charge in [0.25, 0.3) is 0 Å². The van der Waals surface area contributed by atoms with Gasteiger partial charge in [-0.25, -0.2) is 9.97 Å². The third-order valence-corrected chi connectivity index (χ3v) is 4.62. The van der Waals surface area contributed by atoms with Crippen LogP contribution in [0.15, 0.2) is 36.9 Å². The van der Waals surface area contributed by atoms with Gasteiger partial charge in [0.1, 0.15) is 22.9 Å². The van der Waals surface area contributed by atoms with Gasteiger partial charge in [-0.1, -0.05) is 13.8 Å². The lowest BCUT2D eigenvalue weighted by atomic mass is 10.2. The average Bonchev–Trinajstić information content (AvgIpc) is 3.19. The molecule has 2 fully saturated rings. The summed E-state index contributed by atoms with van der Waals surface area (Å²) in [4.78, 5) is 13.6. The molecule has 0 radical (unpaired) electrons. The number of nitrogens with one attached hydrogen (secondary N) is 2. The second-order valence-corrected chi connectivity index (χ2v) is 6.67. The Kier molecular flexibility index (Phi) is 5.20. The van der Waals surface area contributed by atoms with E-state index in [-0.39, 0.29) is 0 Å². The van der Waals surface area contributed by atoms with Crippen molar-refractivity contribution in [2.24, 2.45) is 0 Å². The van der Waals surface area contributed by atoms with Gasteiger partial charge >= 0.3 is 0 Å². The van der Waals surface area contributed by atoms with Gasteiger partial charge in [0.05, 0.1) is 30.4 Å². The van der Waals surface area contributed by atoms with E-state index in [0.29, 0.717) is 12.1 Å². The minimum atomic E-state index is 0.385. The van der Waals surface area contributed by atoms with E-state index in [2.05, 4.69) is 20.6 Å². The summed E-state index contributed by atoms with van der Waals surface area (Å²) in [6.07, 6.45) is 11.1. The Labute approximate surface area is 159 Å². The fraction of sp³-hybridized carbons (Fsp3) is 0.450. The van der Waals surface area contributed by atoms with Crippen LogP contribution >= 0.6 is 0 Å². The first-order chi connectivity index (χ1) is 13.3. The molecular weight excluding hydrogens is 340 g/mol. The lowest BCUT2D eigenvalue weighted by Crippen LogP contribution is -2.22. The molecule has 3 aromatic heterocycles. The number of pyridine rings is 1. The Hall–Kier alpha value is -2.67. The fourth-order valence-electron chi connectivity index (χ4n) is 3.15. The molecule has 5 rings (SSSR count). The summed E-state index contributed by atoms with van der Waals surface area (Å²) >= 11 is 0. The van der Waals surface area contributed by atoms with E-state index in [1.54, 1.807) is 12.4 Å². The van der Waals surface area contributed by atoms with Crippen molar-refractivity contribution in [3.05, 3.63) is 36.9 Å². The molecule has 0 spiro atoms. The zero-order chi connectivity index (χ0) is 18.6. The van der Waals surface area contributed by atoms with Gasteiger partial charge in [-0.15, -0.1) is 0 Å². The molecule has 1 aliphatic heterocycles. The Morgan fingerprint density at radius 1 is 1.19 bits per heavy atom. The molecule has 1 atom stereocenters. The molecule has 4 heterocycles. The lowest BCUT2D eigenvalue weighted by Gasteiger charge is -2.12. The summed E-state index contributed by atoms with van der Waals surface area (Å²) in [6, 6.07) is 4.37. The summed E-state index contributed by atoms with van der Waals surface area (Å²) in [5, 5.41) is 6.79. The number of hydrogen-bond donors (Lipinski definition) is 2. The number of rotatable bonds is 5. The van der Waals surface area contributed by atoms with Crippen LogP contribution in [0.1, 0.15) is 33.1 Å². The molecule has 1 aliphatic carbocycles. The summed E-state index contributed by atoms with van der Waals surface area (Å²) in [6.45, 7) is 6.01. The zero-order valence-electron chi connectivity index (χ0n) is 15.9. The SMILES string of the molecule is CC.c1cn2c(-c3cncc(NC4CCNC4)n3)cnc2cc1OC1CC1. The van der Waals surface area contributed by atoms with Gasteiger partial charge in [0.2, 0.25) is 0 Å². The number of imidazole rings is 1. The highest BCUT2D eigenvalue weighted by Crippen LogP contribution is 2.28. The van der Waals surface area contributed by atoms with E-state index >= 15 is 0 Å². The number of nitrogens with zero attached hydrogens (tertiary/aromatic N) is 4. The van der Waals surface area contributed by atoms with Crippen molar-refractivity contribution in [2.75, 3.05) is 18.4 Å². The third-order valence-electron chi connectivity index (χ3n) is 4.62. The molecule has 0 amide bonds. The van der Waals surface area contributed by atoms with Gasteiger partial charge in [-0.2, -0.15) is 0 Å². The second kappa shape index (κ2) is 7.92. The van der Waals surface area contributed by atoms with Gasteiger partial charge < -0.3 is 15.4 Å². The third kappa shape index (κ3) is 4.03. The van der Waals surface area contributed by atoms with Crippen molar-refractivity contribution in [2.45, 2.75) is 45.3 Å². The molecular formula is C20H26N6O. The van der Waals surface area contributed by atoms with Crippen molar-refractivity contribution in [3.63, 3.8) is 0 Å². The standard InChI is InChI=1S/C18H20N6O.C2H6/c1-2-13(1)25-14-4-6-24-16(10-21-18(24)7-14)15-9-20-11-17(23-15)22-12-3-5-19-8-12;1-2/h4,6-7,9-13,19H,1-3,5,8H2,(H,22,23);1-2H3. The Morgan fingerprint density at radius 2 is 2.07 bits per heavy atom. The van der Waals surface area contributed by atoms with Crippen LogP contribution in [-0.4, -0.2) is 44.6 Å². The van der Waals surface area contributed by atoms with Crippen LogP contribution < -0.4 is 15.4 Å². The highest BCUT2D eigenvalue weighted by Gasteiger charge is 2.23. The highest BCUT2D eigenvalue weighted by atomic mass is 16.5. The lowest BCUT2D eigenvalue weighted by molar-refractivity contribution is 0.303. The summed E-state index contributed by atoms with van der Waals surface area (Å²) in [5.74, 6) is 1.68. The maximum absolute atomic E-state index is 5.84. The van der Waals surface area contributed by atoms with E-state index in [1.165, 1.54) is 0 Å². The molecule has 0 aromatic carbocycles. The number of ether oxygens (including phenoxy) is 1. The smallest absolute Gasteiger partial charge is 0.145 e. The first-order valence-corrected chi connectivity index (χ1v) is 9.78. The highest BCUT2D eigenvalue weighted by molar-refractivity contribution is 5.61. The van der Waals surface area contributed by atoms with Crippen LogP contribution in [0.2, 0.25) is 0 Å². The van der Waals surface area contributed by atoms with E-state index in [9.17, 15) is 0 Å². The van der Waals surface area contributed by atoms with Crippen LogP contribution in [0.5, 0.6) is 5.75 Å². The van der Waals surface area contributed by atoms with Crippen molar-refractivity contribution in [3.8, 4) is 17.1 Å². The quantitative estimate of drug-likeness (QED) is 0.722. The maximum Gasteiger partial charge on any atom is 0.145 e. The molecule has 2 N–H and O–H groups in total. The fourth-order valence-corrected chi connectivity index (χ4v) is 3.15. The largest absolute Gasteiger partial charge is 0.490 e. The molecule has 2 aliphatic rings. The van der Waals surface area contributed by atoms with E-state index in [0.717, 1.165) is 61.0 Å². The minimum Gasteiger partial charge on any atom is -0.490 e. The van der Waals surface area contributed by atoms with Crippen LogP contribution in [0.3, 0.4) is 0 Å². The zero-order valence-corrected chi connectivity index (χ0v) is 15.9. The van der Waals surface area contributed by atoms with Crippen LogP contribution in [0.4, 0.5) is 5.82 Å². The summed E-state index contributed by atoms with van der Waals surface area (Å²) in [5.41, 5.74) is 2.58. The van der Waals surface area contributed by atoms with Crippen LogP contribution in [0.25, 0.3) is 17.0 Å². The molecule has 3 aromatic rings. The van der Waals surface area contributed by atoms with E-state index in [1.807, 2.05) is 42.8 Å². The molecule has 1 unspecified atom stereocenters. The van der Waals surface area contributed by atoms with E-state index < -0.39 is 0 Å². The molecule has 0 bridgehead atoms. The molecule has 1 saturated heterocycles. The summed E-state index contributed by atoms with van der Waals surface area (Å²) in [7, 11) is 0. The second-order valence-electron chi connectivity index (χ2n) is 6.67. The first kappa shape index (κ1) is 17.7. The topological polar surface area (TPSA) is 76.4 Å². The van der Waals surface area contributed by atoms with Crippen molar-refractivity contribution in [1.82, 2.24) is 24.7 Å². The number of anilines is 1. The van der Waals surface area contributed by atoms with E-state index in [4.69, 9.17) is 9.72 Å².